The monoisotopic (exact) mass is 258 g/mol. The molecular weight excluding hydrogens is 248 g/mol. The van der Waals surface area contributed by atoms with Crippen LogP contribution in [0.15, 0.2) is 15.7 Å². The van der Waals surface area contributed by atoms with E-state index in [0.29, 0.717) is 22.0 Å². The molecule has 0 spiro atoms. The van der Waals surface area contributed by atoms with Crippen LogP contribution in [0.4, 0.5) is 0 Å². The molecule has 0 bridgehead atoms. The summed E-state index contributed by atoms with van der Waals surface area (Å²) >= 11 is 7.33. The van der Waals surface area contributed by atoms with Gasteiger partial charge in [-0.15, -0.1) is 10.2 Å². The maximum absolute atomic E-state index is 5.88. The van der Waals surface area contributed by atoms with Gasteiger partial charge in [-0.2, -0.15) is 5.10 Å². The molecule has 0 saturated carbocycles. The summed E-state index contributed by atoms with van der Waals surface area (Å²) in [4.78, 5) is 0. The summed E-state index contributed by atoms with van der Waals surface area (Å²) in [6.07, 6.45) is 0.753. The van der Waals surface area contributed by atoms with E-state index in [-0.39, 0.29) is 0 Å². The van der Waals surface area contributed by atoms with E-state index < -0.39 is 0 Å². The highest BCUT2D eigenvalue weighted by Gasteiger charge is 2.08. The Balaban J connectivity index is 1.96. The van der Waals surface area contributed by atoms with E-state index in [1.54, 1.807) is 11.7 Å². The van der Waals surface area contributed by atoms with Crippen LogP contribution in [0.25, 0.3) is 0 Å². The van der Waals surface area contributed by atoms with Gasteiger partial charge in [0.2, 0.25) is 5.89 Å². The van der Waals surface area contributed by atoms with Gasteiger partial charge in [-0.25, -0.2) is 0 Å². The minimum absolute atomic E-state index is 0.568. The van der Waals surface area contributed by atoms with E-state index in [9.17, 15) is 0 Å². The second-order valence-electron chi connectivity index (χ2n) is 3.19. The Hall–Kier alpha value is -1.01. The standard InChI is InChI=1S/C9H11ClN4OS/c1-3-8-11-12-9(15-8)16-5-6-4-7(10)14(2)13-6/h4H,3,5H2,1-2H3. The molecule has 0 atom stereocenters. The number of thioether (sulfide) groups is 1. The minimum atomic E-state index is 0.568. The van der Waals surface area contributed by atoms with Gasteiger partial charge in [-0.05, 0) is 6.07 Å². The van der Waals surface area contributed by atoms with Gasteiger partial charge >= 0.3 is 0 Å². The predicted molar refractivity (Wildman–Crippen MR) is 61.5 cm³/mol. The Labute approximate surface area is 102 Å². The average molecular weight is 259 g/mol. The van der Waals surface area contributed by atoms with E-state index in [4.69, 9.17) is 16.0 Å². The molecule has 0 aliphatic rings. The van der Waals surface area contributed by atoms with Crippen molar-refractivity contribution in [3.63, 3.8) is 0 Å². The molecule has 0 fully saturated rings. The molecular formula is C9H11ClN4OS. The van der Waals surface area contributed by atoms with Crippen molar-refractivity contribution in [3.8, 4) is 0 Å². The SMILES string of the molecule is CCc1nnc(SCc2cc(Cl)n(C)n2)o1. The van der Waals surface area contributed by atoms with Gasteiger partial charge in [0.05, 0.1) is 5.69 Å². The molecule has 0 N–H and O–H groups in total. The van der Waals surface area contributed by atoms with E-state index in [2.05, 4.69) is 15.3 Å². The molecule has 5 nitrogen and oxygen atoms in total. The fraction of sp³-hybridized carbons (Fsp3) is 0.444. The second kappa shape index (κ2) is 4.88. The normalized spacial score (nSPS) is 10.9. The summed E-state index contributed by atoms with van der Waals surface area (Å²) in [6.45, 7) is 1.97. The number of halogens is 1. The van der Waals surface area contributed by atoms with Crippen molar-refractivity contribution in [3.05, 3.63) is 22.8 Å². The maximum Gasteiger partial charge on any atom is 0.276 e. The lowest BCUT2D eigenvalue weighted by Crippen LogP contribution is -1.90. The van der Waals surface area contributed by atoms with Crippen LogP contribution >= 0.6 is 23.4 Å². The number of rotatable bonds is 4. The molecule has 0 saturated heterocycles. The van der Waals surface area contributed by atoms with Crippen LogP contribution in [-0.2, 0) is 19.2 Å². The third-order valence-corrected chi connectivity index (χ3v) is 3.17. The van der Waals surface area contributed by atoms with Gasteiger partial charge in [0.15, 0.2) is 0 Å². The quantitative estimate of drug-likeness (QED) is 0.788. The molecule has 0 aliphatic heterocycles. The van der Waals surface area contributed by atoms with Gasteiger partial charge in [0.1, 0.15) is 5.15 Å². The van der Waals surface area contributed by atoms with Gasteiger partial charge in [0.25, 0.3) is 5.22 Å². The topological polar surface area (TPSA) is 56.7 Å². The second-order valence-corrected chi connectivity index (χ2v) is 4.50. The first kappa shape index (κ1) is 11.5. The third kappa shape index (κ3) is 2.56. The minimum Gasteiger partial charge on any atom is -0.416 e. The van der Waals surface area contributed by atoms with Crippen LogP contribution in [0.5, 0.6) is 0 Å². The highest BCUT2D eigenvalue weighted by atomic mass is 35.5. The Morgan fingerprint density at radius 1 is 1.50 bits per heavy atom. The fourth-order valence-electron chi connectivity index (χ4n) is 1.15. The van der Waals surface area contributed by atoms with Crippen molar-refractivity contribution in [2.24, 2.45) is 7.05 Å². The zero-order valence-corrected chi connectivity index (χ0v) is 10.5. The smallest absolute Gasteiger partial charge is 0.276 e. The molecule has 2 aromatic rings. The van der Waals surface area contributed by atoms with E-state index in [1.165, 1.54) is 11.8 Å². The van der Waals surface area contributed by atoms with Crippen molar-refractivity contribution < 1.29 is 4.42 Å². The molecule has 0 unspecified atom stereocenters. The molecule has 86 valence electrons. The molecule has 2 rings (SSSR count). The van der Waals surface area contributed by atoms with E-state index >= 15 is 0 Å². The number of hydrogen-bond donors (Lipinski definition) is 0. The fourth-order valence-corrected chi connectivity index (χ4v) is 1.98. The van der Waals surface area contributed by atoms with E-state index in [1.807, 2.05) is 13.0 Å². The zero-order chi connectivity index (χ0) is 11.5. The highest BCUT2D eigenvalue weighted by molar-refractivity contribution is 7.98. The van der Waals surface area contributed by atoms with Crippen LogP contribution in [0.3, 0.4) is 0 Å². The third-order valence-electron chi connectivity index (χ3n) is 1.97. The van der Waals surface area contributed by atoms with Crippen molar-refractivity contribution >= 4 is 23.4 Å². The summed E-state index contributed by atoms with van der Waals surface area (Å²) < 4.78 is 6.99. The van der Waals surface area contributed by atoms with Crippen molar-refractivity contribution in [1.82, 2.24) is 20.0 Å². The summed E-state index contributed by atoms with van der Waals surface area (Å²) in [5.41, 5.74) is 0.897. The van der Waals surface area contributed by atoms with Crippen LogP contribution in [0.1, 0.15) is 18.5 Å². The van der Waals surface area contributed by atoms with Gasteiger partial charge < -0.3 is 4.42 Å². The first-order chi connectivity index (χ1) is 7.69. The van der Waals surface area contributed by atoms with Crippen molar-refractivity contribution in [1.29, 1.82) is 0 Å². The lowest BCUT2D eigenvalue weighted by atomic mass is 10.5. The Morgan fingerprint density at radius 3 is 2.88 bits per heavy atom. The molecule has 0 aromatic carbocycles. The number of nitrogens with zero attached hydrogens (tertiary/aromatic N) is 4. The zero-order valence-electron chi connectivity index (χ0n) is 8.97. The van der Waals surface area contributed by atoms with Crippen LogP contribution < -0.4 is 0 Å². The van der Waals surface area contributed by atoms with Crippen LogP contribution in [-0.4, -0.2) is 20.0 Å². The largest absolute Gasteiger partial charge is 0.416 e. The lowest BCUT2D eigenvalue weighted by molar-refractivity contribution is 0.417. The molecule has 16 heavy (non-hydrogen) atoms. The van der Waals surface area contributed by atoms with Gasteiger partial charge in [-0.3, -0.25) is 4.68 Å². The first-order valence-electron chi connectivity index (χ1n) is 4.82. The maximum atomic E-state index is 5.88. The van der Waals surface area contributed by atoms with Crippen molar-refractivity contribution in [2.75, 3.05) is 0 Å². The van der Waals surface area contributed by atoms with Gasteiger partial charge in [-0.1, -0.05) is 30.3 Å². The van der Waals surface area contributed by atoms with Crippen molar-refractivity contribution in [2.45, 2.75) is 24.3 Å². The summed E-state index contributed by atoms with van der Waals surface area (Å²) in [7, 11) is 1.80. The molecule has 0 radical (unpaired) electrons. The molecule has 2 heterocycles. The lowest BCUT2D eigenvalue weighted by Gasteiger charge is -1.91. The predicted octanol–water partition coefficient (Wildman–Crippen LogP) is 2.31. The number of aromatic nitrogens is 4. The summed E-state index contributed by atoms with van der Waals surface area (Å²) in [6, 6.07) is 1.83. The van der Waals surface area contributed by atoms with E-state index in [0.717, 1.165) is 12.1 Å². The molecule has 7 heteroatoms. The number of hydrogen-bond acceptors (Lipinski definition) is 5. The van der Waals surface area contributed by atoms with Crippen LogP contribution in [0.2, 0.25) is 5.15 Å². The Morgan fingerprint density at radius 2 is 2.31 bits per heavy atom. The number of aryl methyl sites for hydroxylation is 2. The first-order valence-corrected chi connectivity index (χ1v) is 6.19. The highest BCUT2D eigenvalue weighted by Crippen LogP contribution is 2.22. The summed E-state index contributed by atoms with van der Waals surface area (Å²) in [5, 5.41) is 13.2. The Kier molecular flexibility index (Phi) is 3.50. The molecule has 0 amide bonds. The Bertz CT molecular complexity index is 462. The molecule has 2 aromatic heterocycles. The van der Waals surface area contributed by atoms with Crippen LogP contribution in [0, 0.1) is 0 Å². The van der Waals surface area contributed by atoms with Gasteiger partial charge in [0, 0.05) is 19.2 Å². The average Bonchev–Trinajstić information content (AvgIpc) is 2.84. The summed E-state index contributed by atoms with van der Waals surface area (Å²) in [5.74, 6) is 1.33. The molecule has 0 aliphatic carbocycles.